The lowest BCUT2D eigenvalue weighted by Gasteiger charge is -2.30. The van der Waals surface area contributed by atoms with Gasteiger partial charge >= 0.3 is 11.6 Å². The predicted molar refractivity (Wildman–Crippen MR) is 112 cm³/mol. The molecule has 0 bridgehead atoms. The van der Waals surface area contributed by atoms with E-state index in [2.05, 4.69) is 0 Å². The first-order valence-electron chi connectivity index (χ1n) is 9.67. The van der Waals surface area contributed by atoms with Gasteiger partial charge in [0, 0.05) is 12.1 Å². The Morgan fingerprint density at radius 2 is 1.90 bits per heavy atom. The van der Waals surface area contributed by atoms with Gasteiger partial charge in [-0.3, -0.25) is 0 Å². The molecule has 0 saturated carbocycles. The van der Waals surface area contributed by atoms with Crippen LogP contribution in [0.15, 0.2) is 57.8 Å². The number of aryl methyl sites for hydroxylation is 1. The van der Waals surface area contributed by atoms with E-state index in [0.29, 0.717) is 34.6 Å². The van der Waals surface area contributed by atoms with Gasteiger partial charge in [0.1, 0.15) is 22.7 Å². The fourth-order valence-corrected chi connectivity index (χ4v) is 3.49. The number of ether oxygens (including phenoxy) is 2. The molecule has 148 valence electrons. The summed E-state index contributed by atoms with van der Waals surface area (Å²) in [5.74, 6) is 0.375. The van der Waals surface area contributed by atoms with Gasteiger partial charge in [-0.2, -0.15) is 0 Å². The maximum absolute atomic E-state index is 12.6. The van der Waals surface area contributed by atoms with Gasteiger partial charge in [0.2, 0.25) is 0 Å². The highest BCUT2D eigenvalue weighted by Crippen LogP contribution is 2.44. The summed E-state index contributed by atoms with van der Waals surface area (Å²) in [5, 5.41) is 0.749. The summed E-state index contributed by atoms with van der Waals surface area (Å²) in [6.45, 7) is 5.94. The van der Waals surface area contributed by atoms with Crippen molar-refractivity contribution in [1.29, 1.82) is 0 Å². The second kappa shape index (κ2) is 7.24. The van der Waals surface area contributed by atoms with Crippen molar-refractivity contribution in [1.82, 2.24) is 0 Å². The van der Waals surface area contributed by atoms with Crippen molar-refractivity contribution in [3.63, 3.8) is 0 Å². The largest absolute Gasteiger partial charge is 0.482 e. The zero-order valence-electron chi connectivity index (χ0n) is 16.7. The topological polar surface area (TPSA) is 65.7 Å². The Labute approximate surface area is 168 Å². The Morgan fingerprint density at radius 3 is 2.62 bits per heavy atom. The molecule has 2 aromatic carbocycles. The molecule has 5 nitrogen and oxygen atoms in total. The first-order chi connectivity index (χ1) is 13.9. The van der Waals surface area contributed by atoms with Gasteiger partial charge in [-0.05, 0) is 50.1 Å². The van der Waals surface area contributed by atoms with Crippen LogP contribution in [0, 0.1) is 0 Å². The monoisotopic (exact) mass is 390 g/mol. The number of fused-ring (bicyclic) bond motifs is 3. The van der Waals surface area contributed by atoms with Crippen molar-refractivity contribution in [3.8, 4) is 11.5 Å². The van der Waals surface area contributed by atoms with Gasteiger partial charge < -0.3 is 13.9 Å². The van der Waals surface area contributed by atoms with E-state index in [4.69, 9.17) is 13.9 Å². The fourth-order valence-electron chi connectivity index (χ4n) is 3.49. The first-order valence-corrected chi connectivity index (χ1v) is 9.67. The molecule has 0 fully saturated rings. The molecule has 3 aromatic rings. The summed E-state index contributed by atoms with van der Waals surface area (Å²) < 4.78 is 17.4. The molecule has 4 rings (SSSR count). The van der Waals surface area contributed by atoms with Crippen LogP contribution < -0.4 is 15.1 Å². The van der Waals surface area contributed by atoms with E-state index in [-0.39, 0.29) is 0 Å². The lowest BCUT2D eigenvalue weighted by Crippen LogP contribution is -2.28. The molecule has 0 amide bonds. The average Bonchev–Trinajstić information content (AvgIpc) is 2.67. The summed E-state index contributed by atoms with van der Waals surface area (Å²) in [4.78, 5) is 24.7. The normalized spacial score (nSPS) is 14.3. The molecule has 1 aromatic heterocycles. The highest BCUT2D eigenvalue weighted by molar-refractivity contribution is 5.96. The van der Waals surface area contributed by atoms with Crippen LogP contribution in [0.4, 0.5) is 0 Å². The van der Waals surface area contributed by atoms with Crippen LogP contribution in [0.2, 0.25) is 0 Å². The van der Waals surface area contributed by atoms with Crippen LogP contribution in [0.25, 0.3) is 17.0 Å². The SMILES string of the molecule is CCCc1cc(=O)oc2cc(OC(=O)c3ccccc3)c3c(c12)OC(C)(C)C=C3. The van der Waals surface area contributed by atoms with E-state index in [0.717, 1.165) is 17.4 Å². The molecule has 29 heavy (non-hydrogen) atoms. The van der Waals surface area contributed by atoms with Gasteiger partial charge in [-0.15, -0.1) is 0 Å². The van der Waals surface area contributed by atoms with Crippen LogP contribution in [-0.4, -0.2) is 11.6 Å². The maximum atomic E-state index is 12.6. The molecule has 5 heteroatoms. The number of carbonyl (C=O) groups excluding carboxylic acids is 1. The number of benzene rings is 2. The van der Waals surface area contributed by atoms with Crippen LogP contribution in [-0.2, 0) is 6.42 Å². The summed E-state index contributed by atoms with van der Waals surface area (Å²) >= 11 is 0. The van der Waals surface area contributed by atoms with Crippen LogP contribution >= 0.6 is 0 Å². The van der Waals surface area contributed by atoms with Crippen LogP contribution in [0.5, 0.6) is 11.5 Å². The molecule has 1 aliphatic rings. The molecule has 0 aliphatic carbocycles. The minimum Gasteiger partial charge on any atom is -0.482 e. The highest BCUT2D eigenvalue weighted by Gasteiger charge is 2.29. The molecule has 0 radical (unpaired) electrons. The van der Waals surface area contributed by atoms with E-state index in [1.165, 1.54) is 6.07 Å². The minimum absolute atomic E-state index is 0.296. The first kappa shape index (κ1) is 19.0. The molecule has 2 heterocycles. The van der Waals surface area contributed by atoms with Gasteiger partial charge in [0.25, 0.3) is 0 Å². The predicted octanol–water partition coefficient (Wildman–Crippen LogP) is 5.15. The summed E-state index contributed by atoms with van der Waals surface area (Å²) in [5.41, 5.74) is 1.33. The Balaban J connectivity index is 1.92. The molecule has 0 N–H and O–H groups in total. The van der Waals surface area contributed by atoms with Crippen molar-refractivity contribution in [3.05, 3.63) is 75.7 Å². The Hall–Kier alpha value is -3.34. The standard InChI is InChI=1S/C24H22O5/c1-4-8-16-13-20(25)27-19-14-18(28-23(26)15-9-6-5-7-10-15)17-11-12-24(2,3)29-22(17)21(16)19/h5-7,9-14H,4,8H2,1-3H3. The van der Waals surface area contributed by atoms with E-state index >= 15 is 0 Å². The Kier molecular flexibility index (Phi) is 4.74. The number of carbonyl (C=O) groups is 1. The molecule has 0 atom stereocenters. The average molecular weight is 390 g/mol. The lowest BCUT2D eigenvalue weighted by atomic mass is 9.96. The zero-order valence-corrected chi connectivity index (χ0v) is 16.7. The quantitative estimate of drug-likeness (QED) is 0.350. The molecular formula is C24H22O5. The number of hydrogen-bond acceptors (Lipinski definition) is 5. The molecular weight excluding hydrogens is 368 g/mol. The van der Waals surface area contributed by atoms with E-state index in [1.54, 1.807) is 30.3 Å². The highest BCUT2D eigenvalue weighted by atomic mass is 16.5. The second-order valence-electron chi connectivity index (χ2n) is 7.63. The molecule has 0 spiro atoms. The number of esters is 1. The Morgan fingerprint density at radius 1 is 1.14 bits per heavy atom. The summed E-state index contributed by atoms with van der Waals surface area (Å²) in [7, 11) is 0. The van der Waals surface area contributed by atoms with Crippen LogP contribution in [0.1, 0.15) is 48.7 Å². The van der Waals surface area contributed by atoms with Crippen molar-refractivity contribution in [2.24, 2.45) is 0 Å². The van der Waals surface area contributed by atoms with Gasteiger partial charge in [-0.25, -0.2) is 9.59 Å². The van der Waals surface area contributed by atoms with Crippen molar-refractivity contribution >= 4 is 23.0 Å². The third kappa shape index (κ3) is 3.68. The van der Waals surface area contributed by atoms with Crippen LogP contribution in [0.3, 0.4) is 0 Å². The summed E-state index contributed by atoms with van der Waals surface area (Å²) in [6.07, 6.45) is 5.40. The van der Waals surface area contributed by atoms with E-state index in [9.17, 15) is 9.59 Å². The van der Waals surface area contributed by atoms with E-state index in [1.807, 2.05) is 39.0 Å². The van der Waals surface area contributed by atoms with E-state index < -0.39 is 17.2 Å². The molecule has 0 saturated heterocycles. The number of rotatable bonds is 4. The molecule has 0 unspecified atom stereocenters. The van der Waals surface area contributed by atoms with Crippen molar-refractivity contribution in [2.75, 3.05) is 0 Å². The van der Waals surface area contributed by atoms with Crippen molar-refractivity contribution in [2.45, 2.75) is 39.2 Å². The smallest absolute Gasteiger partial charge is 0.343 e. The lowest BCUT2D eigenvalue weighted by molar-refractivity contribution is 0.0733. The van der Waals surface area contributed by atoms with Gasteiger partial charge in [0.05, 0.1) is 16.5 Å². The van der Waals surface area contributed by atoms with Gasteiger partial charge in [-0.1, -0.05) is 31.5 Å². The summed E-state index contributed by atoms with van der Waals surface area (Å²) in [6, 6.07) is 11.9. The third-order valence-corrected chi connectivity index (χ3v) is 4.82. The maximum Gasteiger partial charge on any atom is 0.343 e. The molecule has 1 aliphatic heterocycles. The zero-order chi connectivity index (χ0) is 20.6. The third-order valence-electron chi connectivity index (χ3n) is 4.82. The van der Waals surface area contributed by atoms with Gasteiger partial charge in [0.15, 0.2) is 0 Å². The van der Waals surface area contributed by atoms with Crippen molar-refractivity contribution < 1.29 is 18.7 Å². The minimum atomic E-state index is -0.540. The fraction of sp³-hybridized carbons (Fsp3) is 0.250. The Bertz CT molecular complexity index is 1170. The number of hydrogen-bond donors (Lipinski definition) is 0. The second-order valence-corrected chi connectivity index (χ2v) is 7.63.